The molecule has 160 valence electrons. The highest BCUT2D eigenvalue weighted by Crippen LogP contribution is 2.31. The molecule has 0 aliphatic carbocycles. The van der Waals surface area contributed by atoms with Crippen LogP contribution in [0.5, 0.6) is 5.75 Å². The molecule has 0 fully saturated rings. The Morgan fingerprint density at radius 3 is 2.19 bits per heavy atom. The van der Waals surface area contributed by atoms with E-state index >= 15 is 0 Å². The molecule has 2 heterocycles. The minimum atomic E-state index is -0.570. The van der Waals surface area contributed by atoms with Crippen molar-refractivity contribution < 1.29 is 9.90 Å². The van der Waals surface area contributed by atoms with Crippen LogP contribution in [0.3, 0.4) is 0 Å². The molecule has 0 unspecified atom stereocenters. The van der Waals surface area contributed by atoms with Crippen molar-refractivity contribution in [1.29, 1.82) is 0 Å². The summed E-state index contributed by atoms with van der Waals surface area (Å²) in [7, 11) is 0. The van der Waals surface area contributed by atoms with Crippen LogP contribution in [0.1, 0.15) is 27.7 Å². The van der Waals surface area contributed by atoms with Crippen LogP contribution in [0.4, 0.5) is 0 Å². The molecule has 1 aliphatic rings. The molecule has 1 aliphatic heterocycles. The minimum absolute atomic E-state index is 0.0141. The average molecular weight is 437 g/mol. The van der Waals surface area contributed by atoms with Crippen molar-refractivity contribution in [3.63, 3.8) is 0 Å². The molecule has 1 amide bonds. The SMILES string of the molecule is CSNCCN1CN(C(c2ccccc2)c2ccccc2)n2ccc(=O)c(O)c2C1=O. The molecule has 0 bridgehead atoms. The highest BCUT2D eigenvalue weighted by molar-refractivity contribution is 7.96. The number of fused-ring (bicyclic) bond motifs is 1. The molecule has 4 rings (SSSR count). The van der Waals surface area contributed by atoms with Crippen LogP contribution in [0.15, 0.2) is 77.7 Å². The van der Waals surface area contributed by atoms with E-state index in [4.69, 9.17) is 0 Å². The smallest absolute Gasteiger partial charge is 0.277 e. The van der Waals surface area contributed by atoms with Crippen molar-refractivity contribution in [3.8, 4) is 5.75 Å². The van der Waals surface area contributed by atoms with Crippen LogP contribution in [-0.2, 0) is 0 Å². The number of nitrogens with zero attached hydrogens (tertiary/aromatic N) is 3. The van der Waals surface area contributed by atoms with Gasteiger partial charge in [0, 0.05) is 25.4 Å². The predicted molar refractivity (Wildman–Crippen MR) is 123 cm³/mol. The first-order valence-electron chi connectivity index (χ1n) is 9.98. The fourth-order valence-electron chi connectivity index (χ4n) is 3.86. The van der Waals surface area contributed by atoms with Gasteiger partial charge in [-0.05, 0) is 17.4 Å². The summed E-state index contributed by atoms with van der Waals surface area (Å²) in [6.45, 7) is 1.33. The van der Waals surface area contributed by atoms with Crippen LogP contribution in [0.25, 0.3) is 0 Å². The number of aromatic hydroxyl groups is 1. The number of aromatic nitrogens is 1. The number of benzene rings is 2. The van der Waals surface area contributed by atoms with Gasteiger partial charge in [-0.2, -0.15) is 0 Å². The minimum Gasteiger partial charge on any atom is -0.502 e. The Morgan fingerprint density at radius 2 is 1.61 bits per heavy atom. The monoisotopic (exact) mass is 436 g/mol. The van der Waals surface area contributed by atoms with Crippen LogP contribution < -0.4 is 15.2 Å². The number of carbonyl (C=O) groups is 1. The summed E-state index contributed by atoms with van der Waals surface area (Å²) in [5.74, 6) is -0.894. The van der Waals surface area contributed by atoms with E-state index in [0.717, 1.165) is 11.1 Å². The van der Waals surface area contributed by atoms with E-state index in [-0.39, 0.29) is 17.6 Å². The van der Waals surface area contributed by atoms with Crippen LogP contribution in [0, 0.1) is 0 Å². The van der Waals surface area contributed by atoms with Crippen LogP contribution in [-0.4, -0.2) is 46.6 Å². The second-order valence-electron chi connectivity index (χ2n) is 7.19. The molecule has 31 heavy (non-hydrogen) atoms. The normalized spacial score (nSPS) is 13.5. The molecule has 0 saturated heterocycles. The van der Waals surface area contributed by atoms with E-state index in [1.165, 1.54) is 18.0 Å². The Kier molecular flexibility index (Phi) is 6.29. The summed E-state index contributed by atoms with van der Waals surface area (Å²) in [6, 6.07) is 21.0. The van der Waals surface area contributed by atoms with Gasteiger partial charge < -0.3 is 10.0 Å². The molecule has 0 spiro atoms. The van der Waals surface area contributed by atoms with E-state index < -0.39 is 11.2 Å². The van der Waals surface area contributed by atoms with Gasteiger partial charge in [0.2, 0.25) is 5.43 Å². The Balaban J connectivity index is 1.86. The summed E-state index contributed by atoms with van der Waals surface area (Å²) < 4.78 is 4.76. The van der Waals surface area contributed by atoms with E-state index in [2.05, 4.69) is 4.72 Å². The van der Waals surface area contributed by atoms with Gasteiger partial charge >= 0.3 is 0 Å². The van der Waals surface area contributed by atoms with Gasteiger partial charge in [-0.25, -0.2) is 0 Å². The summed E-state index contributed by atoms with van der Waals surface area (Å²) >= 11 is 1.48. The lowest BCUT2D eigenvalue weighted by Gasteiger charge is -2.44. The van der Waals surface area contributed by atoms with Crippen LogP contribution in [0.2, 0.25) is 0 Å². The number of pyridine rings is 1. The van der Waals surface area contributed by atoms with E-state index in [0.29, 0.717) is 19.8 Å². The highest BCUT2D eigenvalue weighted by atomic mass is 32.2. The van der Waals surface area contributed by atoms with E-state index in [9.17, 15) is 14.7 Å². The summed E-state index contributed by atoms with van der Waals surface area (Å²) in [4.78, 5) is 27.0. The number of rotatable bonds is 7. The first-order chi connectivity index (χ1) is 15.1. The first-order valence-corrected chi connectivity index (χ1v) is 11.2. The molecule has 1 aromatic heterocycles. The van der Waals surface area contributed by atoms with Crippen molar-refractivity contribution in [2.45, 2.75) is 6.04 Å². The summed E-state index contributed by atoms with van der Waals surface area (Å²) in [5.41, 5.74) is 1.49. The van der Waals surface area contributed by atoms with Gasteiger partial charge in [-0.1, -0.05) is 72.6 Å². The number of amides is 1. The maximum absolute atomic E-state index is 13.2. The molecule has 0 radical (unpaired) electrons. The lowest BCUT2D eigenvalue weighted by Crippen LogP contribution is -2.56. The molecule has 8 heteroatoms. The van der Waals surface area contributed by atoms with Crippen molar-refractivity contribution >= 4 is 17.9 Å². The quantitative estimate of drug-likeness (QED) is 0.438. The molecular weight excluding hydrogens is 412 g/mol. The third-order valence-corrected chi connectivity index (χ3v) is 5.79. The summed E-state index contributed by atoms with van der Waals surface area (Å²) in [6.07, 6.45) is 3.48. The van der Waals surface area contributed by atoms with Crippen LogP contribution >= 0.6 is 11.9 Å². The van der Waals surface area contributed by atoms with Gasteiger partial charge in [-0.3, -0.25) is 24.0 Å². The standard InChI is InChI=1S/C23H24N4O3S/c1-31-24-13-15-25-16-27(26-14-12-19(28)22(29)21(26)23(25)30)20(17-8-4-2-5-9-17)18-10-6-3-7-11-18/h2-12,14,20,24,29H,13,15-16H2,1H3. The second kappa shape index (κ2) is 9.28. The number of hydrogen-bond acceptors (Lipinski definition) is 6. The zero-order chi connectivity index (χ0) is 21.8. The van der Waals surface area contributed by atoms with Gasteiger partial charge in [-0.15, -0.1) is 0 Å². The Hall–Kier alpha value is -3.23. The molecule has 7 nitrogen and oxygen atoms in total. The first kappa shape index (κ1) is 21.0. The third-order valence-electron chi connectivity index (χ3n) is 5.29. The number of hydrogen-bond donors (Lipinski definition) is 2. The molecule has 2 aromatic carbocycles. The largest absolute Gasteiger partial charge is 0.502 e. The molecule has 0 saturated carbocycles. The van der Waals surface area contributed by atoms with Gasteiger partial charge in [0.1, 0.15) is 6.67 Å². The van der Waals surface area contributed by atoms with Crippen molar-refractivity contribution in [2.75, 3.05) is 31.0 Å². The molecular formula is C23H24N4O3S. The maximum Gasteiger partial charge on any atom is 0.277 e. The van der Waals surface area contributed by atoms with Gasteiger partial charge in [0.25, 0.3) is 5.91 Å². The topological polar surface area (TPSA) is 77.8 Å². The number of carbonyl (C=O) groups excluding carboxylic acids is 1. The Morgan fingerprint density at radius 1 is 1.00 bits per heavy atom. The predicted octanol–water partition coefficient (Wildman–Crippen LogP) is 2.56. The lowest BCUT2D eigenvalue weighted by molar-refractivity contribution is 0.0684. The van der Waals surface area contributed by atoms with Crippen molar-refractivity contribution in [1.82, 2.24) is 14.3 Å². The van der Waals surface area contributed by atoms with E-state index in [1.54, 1.807) is 15.8 Å². The Labute approximate surface area is 185 Å². The zero-order valence-electron chi connectivity index (χ0n) is 17.1. The Bertz CT molecular complexity index is 1070. The average Bonchev–Trinajstić information content (AvgIpc) is 2.80. The highest BCUT2D eigenvalue weighted by Gasteiger charge is 2.36. The molecule has 3 aromatic rings. The maximum atomic E-state index is 13.2. The molecule has 0 atom stereocenters. The number of nitrogens with one attached hydrogen (secondary N) is 1. The zero-order valence-corrected chi connectivity index (χ0v) is 18.0. The summed E-state index contributed by atoms with van der Waals surface area (Å²) in [5, 5.41) is 12.5. The fourth-order valence-corrected chi connectivity index (χ4v) is 4.15. The third kappa shape index (κ3) is 4.17. The van der Waals surface area contributed by atoms with Gasteiger partial charge in [0.05, 0.1) is 6.04 Å². The van der Waals surface area contributed by atoms with Gasteiger partial charge in [0.15, 0.2) is 11.4 Å². The molecule has 2 N–H and O–H groups in total. The fraction of sp³-hybridized carbons (Fsp3) is 0.217. The van der Waals surface area contributed by atoms with Crippen molar-refractivity contribution in [2.24, 2.45) is 0 Å². The van der Waals surface area contributed by atoms with Crippen molar-refractivity contribution in [3.05, 3.63) is 100.0 Å². The van der Waals surface area contributed by atoms with E-state index in [1.807, 2.05) is 71.9 Å². The lowest BCUT2D eigenvalue weighted by atomic mass is 9.98. The second-order valence-corrected chi connectivity index (χ2v) is 7.89.